The lowest BCUT2D eigenvalue weighted by Crippen LogP contribution is -2.32. The van der Waals surface area contributed by atoms with Crippen LogP contribution in [-0.4, -0.2) is 34.7 Å². The SMILES string of the molecule is CCCCCCCCN1SCC(=O)C1C=O.Cl. The number of hydrogen-bond donors (Lipinski definition) is 0. The summed E-state index contributed by atoms with van der Waals surface area (Å²) in [5.41, 5.74) is 0. The van der Waals surface area contributed by atoms with Crippen LogP contribution in [0.5, 0.6) is 0 Å². The van der Waals surface area contributed by atoms with Crippen LogP contribution in [0.3, 0.4) is 0 Å². The van der Waals surface area contributed by atoms with Crippen molar-refractivity contribution in [2.45, 2.75) is 51.5 Å². The van der Waals surface area contributed by atoms with Gasteiger partial charge in [-0.1, -0.05) is 51.0 Å². The summed E-state index contributed by atoms with van der Waals surface area (Å²) in [5.74, 6) is 0.533. The van der Waals surface area contributed by atoms with Crippen LogP contribution in [0, 0.1) is 0 Å². The van der Waals surface area contributed by atoms with Crippen molar-refractivity contribution in [3.8, 4) is 0 Å². The lowest BCUT2D eigenvalue weighted by Gasteiger charge is -2.16. The number of Topliss-reactive ketones (excluding diaryl/α,β-unsaturated/α-hetero) is 1. The van der Waals surface area contributed by atoms with E-state index in [4.69, 9.17) is 0 Å². The van der Waals surface area contributed by atoms with Gasteiger partial charge in [-0.15, -0.1) is 12.4 Å². The molecule has 1 aliphatic heterocycles. The van der Waals surface area contributed by atoms with Crippen LogP contribution in [0.2, 0.25) is 0 Å². The highest BCUT2D eigenvalue weighted by Crippen LogP contribution is 2.23. The van der Waals surface area contributed by atoms with Gasteiger partial charge in [0.1, 0.15) is 12.3 Å². The second-order valence-corrected chi connectivity index (χ2v) is 5.25. The van der Waals surface area contributed by atoms with Gasteiger partial charge in [-0.25, -0.2) is 4.31 Å². The Morgan fingerprint density at radius 3 is 2.59 bits per heavy atom. The molecule has 1 fully saturated rings. The van der Waals surface area contributed by atoms with E-state index in [9.17, 15) is 9.59 Å². The van der Waals surface area contributed by atoms with Crippen LogP contribution < -0.4 is 0 Å². The molecular weight excluding hydrogens is 258 g/mol. The molecule has 1 saturated heterocycles. The molecule has 1 atom stereocenters. The molecule has 0 aromatic heterocycles. The second kappa shape index (κ2) is 9.92. The molecule has 0 N–H and O–H groups in total. The Hall–Kier alpha value is -0.0600. The van der Waals surface area contributed by atoms with Crippen LogP contribution >= 0.6 is 24.4 Å². The minimum Gasteiger partial charge on any atom is -0.301 e. The van der Waals surface area contributed by atoms with Crippen LogP contribution in [0.15, 0.2) is 0 Å². The smallest absolute Gasteiger partial charge is 0.169 e. The molecule has 1 heterocycles. The second-order valence-electron chi connectivity index (χ2n) is 4.23. The van der Waals surface area contributed by atoms with Gasteiger partial charge in [0, 0.05) is 6.54 Å². The monoisotopic (exact) mass is 279 g/mol. The summed E-state index contributed by atoms with van der Waals surface area (Å²) in [6.45, 7) is 3.08. The molecule has 0 aliphatic carbocycles. The Labute approximate surface area is 114 Å². The van der Waals surface area contributed by atoms with Crippen LogP contribution in [0.4, 0.5) is 0 Å². The molecule has 17 heavy (non-hydrogen) atoms. The fourth-order valence-electron chi connectivity index (χ4n) is 1.87. The Morgan fingerprint density at radius 1 is 1.29 bits per heavy atom. The van der Waals surface area contributed by atoms with E-state index >= 15 is 0 Å². The molecule has 1 aliphatic rings. The number of halogens is 1. The number of carbonyl (C=O) groups excluding carboxylic acids is 2. The molecular formula is C12H22ClNO2S. The number of rotatable bonds is 8. The van der Waals surface area contributed by atoms with Crippen molar-refractivity contribution < 1.29 is 9.59 Å². The summed E-state index contributed by atoms with van der Waals surface area (Å²) >= 11 is 1.50. The van der Waals surface area contributed by atoms with E-state index in [2.05, 4.69) is 6.92 Å². The summed E-state index contributed by atoms with van der Waals surface area (Å²) in [6, 6.07) is -0.472. The fourth-order valence-corrected chi connectivity index (χ4v) is 2.92. The third-order valence-corrected chi connectivity index (χ3v) is 4.03. The molecule has 0 aromatic rings. The van der Waals surface area contributed by atoms with Crippen molar-refractivity contribution in [2.24, 2.45) is 0 Å². The molecule has 0 aromatic carbocycles. The number of unbranched alkanes of at least 4 members (excludes halogenated alkanes) is 5. The highest BCUT2D eigenvalue weighted by Gasteiger charge is 2.32. The molecule has 0 bridgehead atoms. The zero-order valence-corrected chi connectivity index (χ0v) is 12.0. The average Bonchev–Trinajstić information content (AvgIpc) is 2.64. The summed E-state index contributed by atoms with van der Waals surface area (Å²) in [5, 5.41) is 0. The Balaban J connectivity index is 0.00000256. The number of ketones is 1. The molecule has 3 nitrogen and oxygen atoms in total. The van der Waals surface area contributed by atoms with Crippen LogP contribution in [0.25, 0.3) is 0 Å². The first-order valence-corrected chi connectivity index (χ1v) is 7.11. The van der Waals surface area contributed by atoms with Crippen molar-refractivity contribution in [2.75, 3.05) is 12.3 Å². The molecule has 100 valence electrons. The van der Waals surface area contributed by atoms with E-state index in [1.54, 1.807) is 0 Å². The summed E-state index contributed by atoms with van der Waals surface area (Å²) in [6.07, 6.45) is 8.23. The van der Waals surface area contributed by atoms with Crippen LogP contribution in [-0.2, 0) is 9.59 Å². The first-order valence-electron chi connectivity index (χ1n) is 6.17. The maximum absolute atomic E-state index is 11.3. The predicted molar refractivity (Wildman–Crippen MR) is 74.6 cm³/mol. The van der Waals surface area contributed by atoms with Gasteiger partial charge < -0.3 is 4.79 Å². The maximum atomic E-state index is 11.3. The number of hydrogen-bond acceptors (Lipinski definition) is 4. The quantitative estimate of drug-likeness (QED) is 0.296. The molecule has 0 spiro atoms. The largest absolute Gasteiger partial charge is 0.301 e. The van der Waals surface area contributed by atoms with Gasteiger partial charge in [0.05, 0.1) is 5.75 Å². The summed E-state index contributed by atoms with van der Waals surface area (Å²) < 4.78 is 1.94. The molecule has 1 rings (SSSR count). The van der Waals surface area contributed by atoms with Gasteiger partial charge in [0.25, 0.3) is 0 Å². The lowest BCUT2D eigenvalue weighted by molar-refractivity contribution is -0.124. The summed E-state index contributed by atoms with van der Waals surface area (Å²) in [7, 11) is 0. The van der Waals surface area contributed by atoms with Gasteiger partial charge in [0.15, 0.2) is 5.78 Å². The first-order chi connectivity index (χ1) is 7.79. The number of nitrogens with zero attached hydrogens (tertiary/aromatic N) is 1. The van der Waals surface area contributed by atoms with Gasteiger partial charge in [-0.05, 0) is 6.42 Å². The molecule has 1 unspecified atom stereocenters. The lowest BCUT2D eigenvalue weighted by atomic mass is 10.1. The topological polar surface area (TPSA) is 37.4 Å². The standard InChI is InChI=1S/C12H21NO2S.ClH/c1-2-3-4-5-6-7-8-13-11(9-14)12(15)10-16-13;/h9,11H,2-8,10H2,1H3;1H. The van der Waals surface area contributed by atoms with E-state index in [0.717, 1.165) is 19.3 Å². The maximum Gasteiger partial charge on any atom is 0.169 e. The summed E-state index contributed by atoms with van der Waals surface area (Å²) in [4.78, 5) is 22.0. The van der Waals surface area contributed by atoms with E-state index < -0.39 is 6.04 Å². The Bertz CT molecular complexity index is 239. The van der Waals surface area contributed by atoms with E-state index in [1.807, 2.05) is 4.31 Å². The van der Waals surface area contributed by atoms with Crippen molar-refractivity contribution in [1.29, 1.82) is 0 Å². The van der Waals surface area contributed by atoms with Crippen molar-refractivity contribution >= 4 is 36.4 Å². The zero-order valence-electron chi connectivity index (χ0n) is 10.4. The molecule has 0 radical (unpaired) electrons. The van der Waals surface area contributed by atoms with E-state index in [0.29, 0.717) is 5.75 Å². The van der Waals surface area contributed by atoms with Crippen molar-refractivity contribution in [3.63, 3.8) is 0 Å². The van der Waals surface area contributed by atoms with Gasteiger partial charge >= 0.3 is 0 Å². The molecule has 0 amide bonds. The predicted octanol–water partition coefficient (Wildman–Crippen LogP) is 2.87. The average molecular weight is 280 g/mol. The van der Waals surface area contributed by atoms with E-state index in [-0.39, 0.29) is 18.2 Å². The first kappa shape index (κ1) is 16.9. The van der Waals surface area contributed by atoms with Crippen LogP contribution in [0.1, 0.15) is 45.4 Å². The number of carbonyl (C=O) groups is 2. The fraction of sp³-hybridized carbons (Fsp3) is 0.833. The van der Waals surface area contributed by atoms with Gasteiger partial charge in [-0.2, -0.15) is 0 Å². The minimum atomic E-state index is -0.472. The number of aldehydes is 1. The Kier molecular flexibility index (Phi) is 9.88. The Morgan fingerprint density at radius 2 is 1.94 bits per heavy atom. The molecule has 5 heteroatoms. The van der Waals surface area contributed by atoms with E-state index in [1.165, 1.54) is 44.1 Å². The normalized spacial score (nSPS) is 20.3. The molecule has 0 saturated carbocycles. The van der Waals surface area contributed by atoms with Gasteiger partial charge in [-0.3, -0.25) is 4.79 Å². The van der Waals surface area contributed by atoms with Gasteiger partial charge in [0.2, 0.25) is 0 Å². The third-order valence-electron chi connectivity index (χ3n) is 2.87. The highest BCUT2D eigenvalue weighted by molar-refractivity contribution is 7.98. The zero-order chi connectivity index (χ0) is 11.8. The van der Waals surface area contributed by atoms with Crippen molar-refractivity contribution in [3.05, 3.63) is 0 Å². The third kappa shape index (κ3) is 5.89. The van der Waals surface area contributed by atoms with Crippen molar-refractivity contribution in [1.82, 2.24) is 4.31 Å². The highest BCUT2D eigenvalue weighted by atomic mass is 35.5. The minimum absolute atomic E-state index is 0.